The molecule has 5 nitrogen and oxygen atoms in total. The molecule has 88 valence electrons. The highest BCUT2D eigenvalue weighted by Gasteiger charge is 2.46. The SMILES string of the molecule is Cn1cnc2cc(C3(C(N)=O)COC3)ccc21. The topological polar surface area (TPSA) is 70.1 Å². The fourth-order valence-electron chi connectivity index (χ4n) is 2.19. The first-order chi connectivity index (χ1) is 8.13. The number of carbonyl (C=O) groups is 1. The molecule has 3 rings (SSSR count). The van der Waals surface area contributed by atoms with Crippen LogP contribution in [0.4, 0.5) is 0 Å². The summed E-state index contributed by atoms with van der Waals surface area (Å²) in [7, 11) is 1.94. The number of ether oxygens (including phenoxy) is 1. The van der Waals surface area contributed by atoms with E-state index >= 15 is 0 Å². The van der Waals surface area contributed by atoms with Crippen LogP contribution in [0.1, 0.15) is 5.56 Å². The number of aryl methyl sites for hydroxylation is 1. The molecular formula is C12H13N3O2. The molecule has 0 spiro atoms. The Morgan fingerprint density at radius 1 is 1.53 bits per heavy atom. The fourth-order valence-corrected chi connectivity index (χ4v) is 2.19. The summed E-state index contributed by atoms with van der Waals surface area (Å²) in [4.78, 5) is 15.8. The summed E-state index contributed by atoms with van der Waals surface area (Å²) in [6.45, 7) is 0.724. The van der Waals surface area contributed by atoms with Gasteiger partial charge in [-0.3, -0.25) is 4.79 Å². The molecule has 1 fully saturated rings. The van der Waals surface area contributed by atoms with Gasteiger partial charge in [0.25, 0.3) is 0 Å². The Morgan fingerprint density at radius 2 is 2.29 bits per heavy atom. The number of nitrogens with zero attached hydrogens (tertiary/aromatic N) is 2. The second-order valence-corrected chi connectivity index (χ2v) is 4.50. The Kier molecular flexibility index (Phi) is 2.00. The van der Waals surface area contributed by atoms with Gasteiger partial charge in [0.1, 0.15) is 5.41 Å². The van der Waals surface area contributed by atoms with Gasteiger partial charge in [-0.15, -0.1) is 0 Å². The Bertz CT molecular complexity index is 599. The average molecular weight is 231 g/mol. The minimum absolute atomic E-state index is 0.334. The molecule has 0 aliphatic carbocycles. The predicted octanol–water partition coefficient (Wildman–Crippen LogP) is 0.327. The van der Waals surface area contributed by atoms with Crippen molar-refractivity contribution in [2.45, 2.75) is 5.41 Å². The van der Waals surface area contributed by atoms with Crippen LogP contribution in [0.2, 0.25) is 0 Å². The number of imidazole rings is 1. The maximum absolute atomic E-state index is 11.6. The molecule has 2 aromatic rings. The number of benzene rings is 1. The number of hydrogen-bond donors (Lipinski definition) is 1. The van der Waals surface area contributed by atoms with Gasteiger partial charge in [-0.05, 0) is 17.7 Å². The number of carbonyl (C=O) groups excluding carboxylic acids is 1. The third-order valence-electron chi connectivity index (χ3n) is 3.45. The first-order valence-corrected chi connectivity index (χ1v) is 5.43. The van der Waals surface area contributed by atoms with E-state index in [1.807, 2.05) is 29.8 Å². The number of primary amides is 1. The number of fused-ring (bicyclic) bond motifs is 1. The van der Waals surface area contributed by atoms with Crippen molar-refractivity contribution in [3.8, 4) is 0 Å². The molecule has 1 aromatic heterocycles. The fraction of sp³-hybridized carbons (Fsp3) is 0.333. The van der Waals surface area contributed by atoms with Gasteiger partial charge in [0, 0.05) is 7.05 Å². The van der Waals surface area contributed by atoms with Gasteiger partial charge < -0.3 is 15.0 Å². The lowest BCUT2D eigenvalue weighted by Crippen LogP contribution is -2.56. The van der Waals surface area contributed by atoms with Crippen LogP contribution in [0.25, 0.3) is 11.0 Å². The summed E-state index contributed by atoms with van der Waals surface area (Å²) < 4.78 is 7.08. The lowest BCUT2D eigenvalue weighted by molar-refractivity contribution is -0.141. The van der Waals surface area contributed by atoms with Crippen LogP contribution < -0.4 is 5.73 Å². The predicted molar refractivity (Wildman–Crippen MR) is 62.4 cm³/mol. The van der Waals surface area contributed by atoms with E-state index in [0.29, 0.717) is 13.2 Å². The molecule has 1 amide bonds. The van der Waals surface area contributed by atoms with E-state index in [4.69, 9.17) is 10.5 Å². The van der Waals surface area contributed by atoms with Crippen molar-refractivity contribution < 1.29 is 9.53 Å². The molecule has 5 heteroatoms. The van der Waals surface area contributed by atoms with Crippen LogP contribution in [0.3, 0.4) is 0 Å². The number of hydrogen-bond acceptors (Lipinski definition) is 3. The minimum atomic E-state index is -0.661. The number of rotatable bonds is 2. The number of nitrogens with two attached hydrogens (primary N) is 1. The number of aromatic nitrogens is 2. The molecule has 0 saturated carbocycles. The van der Waals surface area contributed by atoms with E-state index in [1.54, 1.807) is 6.33 Å². The largest absolute Gasteiger partial charge is 0.378 e. The van der Waals surface area contributed by atoms with Gasteiger partial charge >= 0.3 is 0 Å². The summed E-state index contributed by atoms with van der Waals surface area (Å²) in [6, 6.07) is 5.81. The molecule has 1 aliphatic rings. The van der Waals surface area contributed by atoms with Gasteiger partial charge in [-0.25, -0.2) is 4.98 Å². The van der Waals surface area contributed by atoms with Gasteiger partial charge in [0.2, 0.25) is 5.91 Å². The summed E-state index contributed by atoms with van der Waals surface area (Å²) in [5, 5.41) is 0. The second kappa shape index (κ2) is 3.30. The highest BCUT2D eigenvalue weighted by atomic mass is 16.5. The summed E-state index contributed by atoms with van der Waals surface area (Å²) in [6.07, 6.45) is 1.75. The quantitative estimate of drug-likeness (QED) is 0.809. The lowest BCUT2D eigenvalue weighted by Gasteiger charge is -2.38. The zero-order chi connectivity index (χ0) is 12.0. The van der Waals surface area contributed by atoms with E-state index in [-0.39, 0.29) is 5.91 Å². The normalized spacial score (nSPS) is 17.9. The maximum Gasteiger partial charge on any atom is 0.232 e. The van der Waals surface area contributed by atoms with Gasteiger partial charge in [0.05, 0.1) is 30.6 Å². The van der Waals surface area contributed by atoms with Crippen LogP contribution in [-0.2, 0) is 22.0 Å². The molecule has 0 unspecified atom stereocenters. The van der Waals surface area contributed by atoms with E-state index in [2.05, 4.69) is 4.98 Å². The van der Waals surface area contributed by atoms with Crippen LogP contribution in [0.15, 0.2) is 24.5 Å². The van der Waals surface area contributed by atoms with Gasteiger partial charge in [-0.1, -0.05) is 6.07 Å². The van der Waals surface area contributed by atoms with Crippen molar-refractivity contribution >= 4 is 16.9 Å². The summed E-state index contributed by atoms with van der Waals surface area (Å²) in [5.41, 5.74) is 7.61. The molecule has 0 bridgehead atoms. The van der Waals surface area contributed by atoms with Crippen LogP contribution in [0.5, 0.6) is 0 Å². The lowest BCUT2D eigenvalue weighted by atomic mass is 9.78. The average Bonchev–Trinajstić information content (AvgIpc) is 2.58. The van der Waals surface area contributed by atoms with E-state index in [0.717, 1.165) is 16.6 Å². The number of amides is 1. The molecule has 0 radical (unpaired) electrons. The first kappa shape index (κ1) is 10.3. The molecule has 1 saturated heterocycles. The van der Waals surface area contributed by atoms with Crippen molar-refractivity contribution in [2.75, 3.05) is 13.2 Å². The van der Waals surface area contributed by atoms with Crippen molar-refractivity contribution in [3.63, 3.8) is 0 Å². The Morgan fingerprint density at radius 3 is 2.88 bits per heavy atom. The van der Waals surface area contributed by atoms with Gasteiger partial charge in [0.15, 0.2) is 0 Å². The highest BCUT2D eigenvalue weighted by molar-refractivity contribution is 5.89. The zero-order valence-electron chi connectivity index (χ0n) is 9.51. The summed E-state index contributed by atoms with van der Waals surface area (Å²) in [5.74, 6) is -0.334. The molecular weight excluding hydrogens is 218 g/mol. The van der Waals surface area contributed by atoms with Crippen molar-refractivity contribution in [1.82, 2.24) is 9.55 Å². The van der Waals surface area contributed by atoms with Crippen LogP contribution in [-0.4, -0.2) is 28.7 Å². The maximum atomic E-state index is 11.6. The Hall–Kier alpha value is -1.88. The molecule has 17 heavy (non-hydrogen) atoms. The molecule has 2 heterocycles. The molecule has 0 atom stereocenters. The smallest absolute Gasteiger partial charge is 0.232 e. The van der Waals surface area contributed by atoms with Crippen molar-refractivity contribution in [1.29, 1.82) is 0 Å². The molecule has 1 aliphatic heterocycles. The third-order valence-corrected chi connectivity index (χ3v) is 3.45. The standard InChI is InChI=1S/C12H13N3O2/c1-15-7-14-9-4-8(2-3-10(9)15)12(11(13)16)5-17-6-12/h2-4,7H,5-6H2,1H3,(H2,13,16). The van der Waals surface area contributed by atoms with Crippen molar-refractivity contribution in [2.24, 2.45) is 12.8 Å². The second-order valence-electron chi connectivity index (χ2n) is 4.50. The Labute approximate surface area is 98.2 Å². The third kappa shape index (κ3) is 1.29. The van der Waals surface area contributed by atoms with Gasteiger partial charge in [-0.2, -0.15) is 0 Å². The molecule has 2 N–H and O–H groups in total. The molecule has 1 aromatic carbocycles. The monoisotopic (exact) mass is 231 g/mol. The zero-order valence-corrected chi connectivity index (χ0v) is 9.51. The van der Waals surface area contributed by atoms with E-state index < -0.39 is 5.41 Å². The Balaban J connectivity index is 2.14. The summed E-state index contributed by atoms with van der Waals surface area (Å²) >= 11 is 0. The van der Waals surface area contributed by atoms with E-state index in [1.165, 1.54) is 0 Å². The first-order valence-electron chi connectivity index (χ1n) is 5.43. The van der Waals surface area contributed by atoms with Crippen molar-refractivity contribution in [3.05, 3.63) is 30.1 Å². The van der Waals surface area contributed by atoms with Crippen LogP contribution in [0, 0.1) is 0 Å². The highest BCUT2D eigenvalue weighted by Crippen LogP contribution is 2.33. The minimum Gasteiger partial charge on any atom is -0.378 e. The van der Waals surface area contributed by atoms with E-state index in [9.17, 15) is 4.79 Å². The van der Waals surface area contributed by atoms with Crippen LogP contribution >= 0.6 is 0 Å².